The molecule has 0 aromatic heterocycles. The van der Waals surface area contributed by atoms with Crippen molar-refractivity contribution in [3.63, 3.8) is 0 Å². The van der Waals surface area contributed by atoms with Crippen LogP contribution in [0.5, 0.6) is 0 Å². The van der Waals surface area contributed by atoms with Crippen molar-refractivity contribution >= 4 is 48.9 Å². The fraction of sp³-hybridized carbons (Fsp3) is 0.167. The van der Waals surface area contributed by atoms with Crippen LogP contribution >= 0.6 is 0 Å². The Morgan fingerprint density at radius 2 is 1.00 bits per heavy atom. The molecule has 0 aliphatic heterocycles. The summed E-state index contributed by atoms with van der Waals surface area (Å²) in [5.74, 6) is 0. The molecule has 0 aliphatic carbocycles. The van der Waals surface area contributed by atoms with Gasteiger partial charge in [-0.1, -0.05) is 48.6 Å². The Kier molecular flexibility index (Phi) is 8.42. The molecule has 0 atom stereocenters. The number of rotatable bonds is 2. The predicted molar refractivity (Wildman–Crippen MR) is 70.2 cm³/mol. The SMILES string of the molecule is C=C(C)c1ccc(C(=C)C)cc1.[LiH].[LiH]. The summed E-state index contributed by atoms with van der Waals surface area (Å²) in [5.41, 5.74) is 4.59. The molecule has 1 aromatic rings. The van der Waals surface area contributed by atoms with E-state index in [0.717, 1.165) is 11.1 Å². The van der Waals surface area contributed by atoms with Crippen LogP contribution in [0, 0.1) is 0 Å². The molecule has 0 aliphatic rings. The molecular formula is C12H16Li2. The first-order chi connectivity index (χ1) is 5.61. The van der Waals surface area contributed by atoms with Crippen LogP contribution in [0.3, 0.4) is 0 Å². The average molecular weight is 174 g/mol. The standard InChI is InChI=1S/C12H14.2Li.2H/c1-9(2)11-5-7-12(8-6-11)10(3)4;;;;/h5-8H,1,3H2,2,4H3;;;;. The number of hydrogen-bond donors (Lipinski definition) is 0. The zero-order valence-electron chi connectivity index (χ0n) is 7.72. The van der Waals surface area contributed by atoms with Gasteiger partial charge >= 0.3 is 37.7 Å². The van der Waals surface area contributed by atoms with Crippen LogP contribution in [0.2, 0.25) is 0 Å². The summed E-state index contributed by atoms with van der Waals surface area (Å²) in [6, 6.07) is 8.30. The first kappa shape index (κ1) is 16.3. The molecule has 1 rings (SSSR count). The molecule has 0 radical (unpaired) electrons. The van der Waals surface area contributed by atoms with E-state index in [1.807, 2.05) is 13.8 Å². The Balaban J connectivity index is 0. The second-order valence-electron chi connectivity index (χ2n) is 3.14. The normalized spacial score (nSPS) is 8.14. The molecule has 0 spiro atoms. The monoisotopic (exact) mass is 174 g/mol. The minimum absolute atomic E-state index is 0. The van der Waals surface area contributed by atoms with E-state index in [1.165, 1.54) is 11.1 Å². The molecule has 66 valence electrons. The van der Waals surface area contributed by atoms with Gasteiger partial charge in [-0.05, 0) is 25.0 Å². The van der Waals surface area contributed by atoms with Gasteiger partial charge in [-0.15, -0.1) is 0 Å². The van der Waals surface area contributed by atoms with Gasteiger partial charge in [-0.2, -0.15) is 0 Å². The third kappa shape index (κ3) is 4.41. The van der Waals surface area contributed by atoms with Gasteiger partial charge in [0.15, 0.2) is 0 Å². The molecule has 0 fully saturated rings. The van der Waals surface area contributed by atoms with Gasteiger partial charge in [0.1, 0.15) is 0 Å². The predicted octanol–water partition coefficient (Wildman–Crippen LogP) is 2.46. The molecule has 0 saturated carbocycles. The molecule has 1 aromatic carbocycles. The summed E-state index contributed by atoms with van der Waals surface area (Å²) < 4.78 is 0. The van der Waals surface area contributed by atoms with E-state index in [2.05, 4.69) is 37.4 Å². The van der Waals surface area contributed by atoms with Crippen LogP contribution in [0.25, 0.3) is 11.1 Å². The maximum atomic E-state index is 3.88. The Labute approximate surface area is 111 Å². The molecule has 14 heavy (non-hydrogen) atoms. The number of benzene rings is 1. The summed E-state index contributed by atoms with van der Waals surface area (Å²) in [6.07, 6.45) is 0. The van der Waals surface area contributed by atoms with Gasteiger partial charge in [0.05, 0.1) is 0 Å². The molecule has 0 amide bonds. The molecule has 0 saturated heterocycles. The number of hydrogen-bond acceptors (Lipinski definition) is 0. The summed E-state index contributed by atoms with van der Waals surface area (Å²) in [5, 5.41) is 0. The molecule has 0 heterocycles. The zero-order chi connectivity index (χ0) is 9.14. The quantitative estimate of drug-likeness (QED) is 0.604. The first-order valence-electron chi connectivity index (χ1n) is 4.03. The van der Waals surface area contributed by atoms with E-state index in [-0.39, 0.29) is 37.7 Å². The Bertz CT molecular complexity index is 277. The molecular weight excluding hydrogens is 158 g/mol. The van der Waals surface area contributed by atoms with Crippen LogP contribution in [0.15, 0.2) is 37.4 Å². The molecule has 0 nitrogen and oxygen atoms in total. The first-order valence-corrected chi connectivity index (χ1v) is 4.03. The fourth-order valence-corrected chi connectivity index (χ4v) is 1.04. The van der Waals surface area contributed by atoms with Crippen molar-refractivity contribution in [2.75, 3.05) is 0 Å². The van der Waals surface area contributed by atoms with Crippen LogP contribution in [-0.2, 0) is 0 Å². The van der Waals surface area contributed by atoms with Crippen molar-refractivity contribution in [2.24, 2.45) is 0 Å². The Hall–Kier alpha value is -0.105. The molecule has 0 bridgehead atoms. The van der Waals surface area contributed by atoms with Crippen LogP contribution < -0.4 is 0 Å². The minimum atomic E-state index is 0. The topological polar surface area (TPSA) is 0 Å². The van der Waals surface area contributed by atoms with Crippen molar-refractivity contribution in [1.29, 1.82) is 0 Å². The average Bonchev–Trinajstić information content (AvgIpc) is 2.04. The van der Waals surface area contributed by atoms with Crippen molar-refractivity contribution in [2.45, 2.75) is 13.8 Å². The van der Waals surface area contributed by atoms with Gasteiger partial charge < -0.3 is 0 Å². The molecule has 0 N–H and O–H groups in total. The Morgan fingerprint density at radius 3 is 1.14 bits per heavy atom. The van der Waals surface area contributed by atoms with Crippen molar-refractivity contribution < 1.29 is 0 Å². The van der Waals surface area contributed by atoms with Gasteiger partial charge in [0, 0.05) is 0 Å². The Morgan fingerprint density at radius 1 is 0.786 bits per heavy atom. The molecule has 2 heteroatoms. The maximum absolute atomic E-state index is 3.88. The molecule has 0 unspecified atom stereocenters. The summed E-state index contributed by atoms with van der Waals surface area (Å²) in [6.45, 7) is 11.8. The summed E-state index contributed by atoms with van der Waals surface area (Å²) >= 11 is 0. The van der Waals surface area contributed by atoms with Gasteiger partial charge in [0.25, 0.3) is 0 Å². The van der Waals surface area contributed by atoms with E-state index in [1.54, 1.807) is 0 Å². The summed E-state index contributed by atoms with van der Waals surface area (Å²) in [4.78, 5) is 0. The van der Waals surface area contributed by atoms with Crippen LogP contribution in [0.1, 0.15) is 25.0 Å². The van der Waals surface area contributed by atoms with Gasteiger partial charge in [-0.3, -0.25) is 0 Å². The van der Waals surface area contributed by atoms with E-state index in [0.29, 0.717) is 0 Å². The van der Waals surface area contributed by atoms with Crippen LogP contribution in [0.4, 0.5) is 0 Å². The van der Waals surface area contributed by atoms with Crippen LogP contribution in [-0.4, -0.2) is 37.7 Å². The van der Waals surface area contributed by atoms with E-state index in [4.69, 9.17) is 0 Å². The zero-order valence-corrected chi connectivity index (χ0v) is 7.72. The van der Waals surface area contributed by atoms with E-state index in [9.17, 15) is 0 Å². The third-order valence-electron chi connectivity index (χ3n) is 1.87. The van der Waals surface area contributed by atoms with Crippen molar-refractivity contribution in [3.05, 3.63) is 48.6 Å². The number of allylic oxidation sites excluding steroid dienone is 2. The summed E-state index contributed by atoms with van der Waals surface area (Å²) in [7, 11) is 0. The fourth-order valence-electron chi connectivity index (χ4n) is 1.04. The van der Waals surface area contributed by atoms with E-state index < -0.39 is 0 Å². The third-order valence-corrected chi connectivity index (χ3v) is 1.87. The van der Waals surface area contributed by atoms with Gasteiger partial charge in [-0.25, -0.2) is 0 Å². The second kappa shape index (κ2) is 7.22. The van der Waals surface area contributed by atoms with Gasteiger partial charge in [0.2, 0.25) is 0 Å². The van der Waals surface area contributed by atoms with E-state index >= 15 is 0 Å². The van der Waals surface area contributed by atoms with Crippen molar-refractivity contribution in [1.82, 2.24) is 0 Å². The second-order valence-corrected chi connectivity index (χ2v) is 3.14. The van der Waals surface area contributed by atoms with Crippen molar-refractivity contribution in [3.8, 4) is 0 Å².